The number of aryl methyl sites for hydroxylation is 1. The van der Waals surface area contributed by atoms with Crippen molar-refractivity contribution in [2.75, 3.05) is 6.61 Å². The zero-order chi connectivity index (χ0) is 9.52. The molecule has 0 radical (unpaired) electrons. The van der Waals surface area contributed by atoms with Gasteiger partial charge >= 0.3 is 5.97 Å². The van der Waals surface area contributed by atoms with Crippen molar-refractivity contribution in [3.63, 3.8) is 0 Å². The molecule has 0 saturated carbocycles. The Balaban J connectivity index is 2.15. The van der Waals surface area contributed by atoms with Crippen molar-refractivity contribution in [1.82, 2.24) is 15.2 Å². The molecule has 0 bridgehead atoms. The van der Waals surface area contributed by atoms with Crippen LogP contribution in [0, 0.1) is 0 Å². The lowest BCUT2D eigenvalue weighted by molar-refractivity contribution is -0.143. The summed E-state index contributed by atoms with van der Waals surface area (Å²) in [4.78, 5) is 13.8. The maximum absolute atomic E-state index is 11.0. The Morgan fingerprint density at radius 1 is 1.69 bits per heavy atom. The van der Waals surface area contributed by atoms with E-state index in [0.29, 0.717) is 25.3 Å². The van der Waals surface area contributed by atoms with E-state index >= 15 is 0 Å². The lowest BCUT2D eigenvalue weighted by atomic mass is 10.3. The Labute approximate surface area is 76.5 Å². The molecular formula is C8H13N3O2. The number of hydrogen-bond donors (Lipinski definition) is 1. The average Bonchev–Trinajstić information content (AvgIpc) is 2.64. The van der Waals surface area contributed by atoms with E-state index in [1.807, 2.05) is 6.92 Å². The average molecular weight is 183 g/mol. The van der Waals surface area contributed by atoms with Crippen LogP contribution in [0.5, 0.6) is 0 Å². The minimum atomic E-state index is -0.182. The standard InChI is InChI=1S/C8H13N3O2/c1-2-5-13-8(12)4-3-7-9-6-10-11-7/h6H,2-5H2,1H3,(H,9,10,11). The van der Waals surface area contributed by atoms with Crippen molar-refractivity contribution in [2.24, 2.45) is 0 Å². The van der Waals surface area contributed by atoms with E-state index in [2.05, 4.69) is 15.2 Å². The predicted octanol–water partition coefficient (Wildman–Crippen LogP) is 0.690. The topological polar surface area (TPSA) is 67.9 Å². The second kappa shape index (κ2) is 5.29. The summed E-state index contributed by atoms with van der Waals surface area (Å²) in [5.41, 5.74) is 0. The molecule has 1 rings (SSSR count). The lowest BCUT2D eigenvalue weighted by Gasteiger charge is -2.00. The van der Waals surface area contributed by atoms with Crippen LogP contribution in [-0.4, -0.2) is 27.8 Å². The largest absolute Gasteiger partial charge is 0.466 e. The van der Waals surface area contributed by atoms with Gasteiger partial charge in [-0.3, -0.25) is 4.79 Å². The van der Waals surface area contributed by atoms with Gasteiger partial charge in [0.15, 0.2) is 0 Å². The first-order valence-electron chi connectivity index (χ1n) is 4.33. The van der Waals surface area contributed by atoms with Gasteiger partial charge in [0, 0.05) is 6.42 Å². The normalized spacial score (nSPS) is 9.92. The molecule has 0 saturated heterocycles. The van der Waals surface area contributed by atoms with E-state index in [4.69, 9.17) is 4.74 Å². The van der Waals surface area contributed by atoms with Crippen LogP contribution >= 0.6 is 0 Å². The molecule has 0 unspecified atom stereocenters. The minimum Gasteiger partial charge on any atom is -0.466 e. The molecule has 0 aliphatic heterocycles. The Kier molecular flexibility index (Phi) is 3.95. The molecule has 5 nitrogen and oxygen atoms in total. The molecule has 0 atom stereocenters. The van der Waals surface area contributed by atoms with Crippen molar-refractivity contribution in [3.05, 3.63) is 12.2 Å². The van der Waals surface area contributed by atoms with Crippen LogP contribution in [0.25, 0.3) is 0 Å². The van der Waals surface area contributed by atoms with E-state index in [9.17, 15) is 4.79 Å². The highest BCUT2D eigenvalue weighted by Crippen LogP contribution is 1.95. The second-order valence-corrected chi connectivity index (χ2v) is 2.66. The number of esters is 1. The Bertz CT molecular complexity index is 246. The molecule has 13 heavy (non-hydrogen) atoms. The Morgan fingerprint density at radius 2 is 2.54 bits per heavy atom. The SMILES string of the molecule is CCCOC(=O)CCc1nnc[nH]1. The summed E-state index contributed by atoms with van der Waals surface area (Å²) in [6.07, 6.45) is 3.26. The highest BCUT2D eigenvalue weighted by atomic mass is 16.5. The summed E-state index contributed by atoms with van der Waals surface area (Å²) in [6.45, 7) is 2.46. The number of aromatic amines is 1. The number of carbonyl (C=O) groups excluding carboxylic acids is 1. The number of aromatic nitrogens is 3. The first-order chi connectivity index (χ1) is 6.33. The molecule has 0 amide bonds. The monoisotopic (exact) mass is 183 g/mol. The number of carbonyl (C=O) groups is 1. The third-order valence-corrected chi connectivity index (χ3v) is 1.50. The molecule has 0 fully saturated rings. The number of H-pyrrole nitrogens is 1. The summed E-state index contributed by atoms with van der Waals surface area (Å²) >= 11 is 0. The van der Waals surface area contributed by atoms with Crippen LogP contribution in [0.2, 0.25) is 0 Å². The first kappa shape index (κ1) is 9.70. The third kappa shape index (κ3) is 3.68. The quantitative estimate of drug-likeness (QED) is 0.682. The fraction of sp³-hybridized carbons (Fsp3) is 0.625. The van der Waals surface area contributed by atoms with Crippen LogP contribution < -0.4 is 0 Å². The summed E-state index contributed by atoms with van der Waals surface area (Å²) in [7, 11) is 0. The zero-order valence-corrected chi connectivity index (χ0v) is 7.62. The highest BCUT2D eigenvalue weighted by Gasteiger charge is 2.04. The van der Waals surface area contributed by atoms with Crippen molar-refractivity contribution in [3.8, 4) is 0 Å². The van der Waals surface area contributed by atoms with Gasteiger partial charge in [0.25, 0.3) is 0 Å². The molecule has 0 aliphatic rings. The van der Waals surface area contributed by atoms with Gasteiger partial charge in [-0.05, 0) is 6.42 Å². The van der Waals surface area contributed by atoms with Gasteiger partial charge in [0.1, 0.15) is 12.2 Å². The lowest BCUT2D eigenvalue weighted by Crippen LogP contribution is -2.06. The molecule has 0 aliphatic carbocycles. The minimum absolute atomic E-state index is 0.182. The van der Waals surface area contributed by atoms with Gasteiger partial charge in [-0.2, -0.15) is 0 Å². The number of ether oxygens (including phenoxy) is 1. The van der Waals surface area contributed by atoms with E-state index in [0.717, 1.165) is 6.42 Å². The van der Waals surface area contributed by atoms with Crippen LogP contribution in [-0.2, 0) is 16.0 Å². The Hall–Kier alpha value is -1.39. The molecule has 1 aromatic rings. The molecule has 0 spiro atoms. The second-order valence-electron chi connectivity index (χ2n) is 2.66. The summed E-state index contributed by atoms with van der Waals surface area (Å²) < 4.78 is 4.89. The van der Waals surface area contributed by atoms with Gasteiger partial charge in [-0.1, -0.05) is 6.92 Å². The van der Waals surface area contributed by atoms with Gasteiger partial charge in [0.05, 0.1) is 13.0 Å². The van der Waals surface area contributed by atoms with Crippen LogP contribution in [0.3, 0.4) is 0 Å². The predicted molar refractivity (Wildman–Crippen MR) is 46.0 cm³/mol. The van der Waals surface area contributed by atoms with Crippen LogP contribution in [0.15, 0.2) is 6.33 Å². The smallest absolute Gasteiger partial charge is 0.306 e. The fourth-order valence-electron chi connectivity index (χ4n) is 0.862. The van der Waals surface area contributed by atoms with E-state index < -0.39 is 0 Å². The van der Waals surface area contributed by atoms with Gasteiger partial charge in [0.2, 0.25) is 0 Å². The highest BCUT2D eigenvalue weighted by molar-refractivity contribution is 5.69. The number of hydrogen-bond acceptors (Lipinski definition) is 4. The van der Waals surface area contributed by atoms with Gasteiger partial charge in [-0.25, -0.2) is 0 Å². The third-order valence-electron chi connectivity index (χ3n) is 1.50. The summed E-state index contributed by atoms with van der Waals surface area (Å²) in [5, 5.41) is 7.36. The molecule has 5 heteroatoms. The molecule has 1 heterocycles. The fourth-order valence-corrected chi connectivity index (χ4v) is 0.862. The molecule has 1 aromatic heterocycles. The van der Waals surface area contributed by atoms with Gasteiger partial charge in [-0.15, -0.1) is 10.2 Å². The van der Waals surface area contributed by atoms with E-state index in [1.54, 1.807) is 0 Å². The molecule has 1 N–H and O–H groups in total. The zero-order valence-electron chi connectivity index (χ0n) is 7.62. The molecular weight excluding hydrogens is 170 g/mol. The van der Waals surface area contributed by atoms with Crippen molar-refractivity contribution in [2.45, 2.75) is 26.2 Å². The molecule has 0 aromatic carbocycles. The van der Waals surface area contributed by atoms with E-state index in [-0.39, 0.29) is 5.97 Å². The maximum Gasteiger partial charge on any atom is 0.306 e. The van der Waals surface area contributed by atoms with Crippen molar-refractivity contribution < 1.29 is 9.53 Å². The van der Waals surface area contributed by atoms with Crippen LogP contribution in [0.1, 0.15) is 25.6 Å². The van der Waals surface area contributed by atoms with E-state index in [1.165, 1.54) is 6.33 Å². The Morgan fingerprint density at radius 3 is 3.15 bits per heavy atom. The first-order valence-corrected chi connectivity index (χ1v) is 4.33. The van der Waals surface area contributed by atoms with Crippen molar-refractivity contribution in [1.29, 1.82) is 0 Å². The summed E-state index contributed by atoms with van der Waals surface area (Å²) in [5.74, 6) is 0.534. The number of nitrogens with zero attached hydrogens (tertiary/aromatic N) is 2. The number of nitrogens with one attached hydrogen (secondary N) is 1. The van der Waals surface area contributed by atoms with Gasteiger partial charge < -0.3 is 9.72 Å². The van der Waals surface area contributed by atoms with Crippen molar-refractivity contribution >= 4 is 5.97 Å². The maximum atomic E-state index is 11.0. The summed E-state index contributed by atoms with van der Waals surface area (Å²) in [6, 6.07) is 0. The number of rotatable bonds is 5. The van der Waals surface area contributed by atoms with Crippen LogP contribution in [0.4, 0.5) is 0 Å². The molecule has 72 valence electrons.